The van der Waals surface area contributed by atoms with Gasteiger partial charge >= 0.3 is 12.3 Å². The van der Waals surface area contributed by atoms with Crippen molar-refractivity contribution >= 4 is 23.6 Å². The van der Waals surface area contributed by atoms with E-state index in [1.807, 2.05) is 0 Å². The van der Waals surface area contributed by atoms with E-state index in [-0.39, 0.29) is 31.1 Å². The second-order valence-electron chi connectivity index (χ2n) is 8.11. The lowest BCUT2D eigenvalue weighted by Gasteiger charge is -2.19. The number of para-hydroxylation sites is 1. The summed E-state index contributed by atoms with van der Waals surface area (Å²) < 4.78 is 44.7. The van der Waals surface area contributed by atoms with Crippen molar-refractivity contribution in [3.8, 4) is 0 Å². The third-order valence-electron chi connectivity index (χ3n) is 4.24. The number of amides is 3. The van der Waals surface area contributed by atoms with E-state index in [1.165, 1.54) is 18.2 Å². The Bertz CT molecular complexity index is 1000. The van der Waals surface area contributed by atoms with Crippen LogP contribution in [0.3, 0.4) is 0 Å². The zero-order valence-corrected chi connectivity index (χ0v) is 18.5. The fourth-order valence-corrected chi connectivity index (χ4v) is 2.79. The molecule has 3 N–H and O–H groups in total. The molecule has 33 heavy (non-hydrogen) atoms. The Morgan fingerprint density at radius 2 is 1.55 bits per heavy atom. The Balaban J connectivity index is 1.95. The van der Waals surface area contributed by atoms with E-state index in [9.17, 15) is 27.6 Å². The normalized spacial score (nSPS) is 11.5. The molecular formula is C23H26F3N3O4. The third kappa shape index (κ3) is 8.47. The van der Waals surface area contributed by atoms with E-state index in [0.29, 0.717) is 5.56 Å². The number of halogens is 3. The van der Waals surface area contributed by atoms with Gasteiger partial charge in [-0.2, -0.15) is 13.2 Å². The van der Waals surface area contributed by atoms with E-state index in [2.05, 4.69) is 16.0 Å². The molecule has 2 rings (SSSR count). The maximum atomic E-state index is 13.2. The molecule has 3 amide bonds. The summed E-state index contributed by atoms with van der Waals surface area (Å²) >= 11 is 0. The molecule has 0 aliphatic rings. The van der Waals surface area contributed by atoms with Gasteiger partial charge in [-0.15, -0.1) is 0 Å². The van der Waals surface area contributed by atoms with Gasteiger partial charge in [-0.1, -0.05) is 30.3 Å². The molecule has 0 radical (unpaired) electrons. The van der Waals surface area contributed by atoms with Gasteiger partial charge in [-0.3, -0.25) is 9.59 Å². The fourth-order valence-electron chi connectivity index (χ4n) is 2.79. The molecule has 0 saturated carbocycles. The van der Waals surface area contributed by atoms with Crippen LogP contribution in [0.4, 0.5) is 23.7 Å². The smallest absolute Gasteiger partial charge is 0.417 e. The first-order chi connectivity index (χ1) is 15.4. The molecule has 0 bridgehead atoms. The van der Waals surface area contributed by atoms with Gasteiger partial charge in [0.25, 0.3) is 5.91 Å². The number of ether oxygens (including phenoxy) is 1. The van der Waals surface area contributed by atoms with Crippen molar-refractivity contribution in [3.63, 3.8) is 0 Å². The highest BCUT2D eigenvalue weighted by Crippen LogP contribution is 2.32. The van der Waals surface area contributed by atoms with E-state index in [4.69, 9.17) is 4.74 Å². The molecule has 2 aromatic carbocycles. The van der Waals surface area contributed by atoms with Gasteiger partial charge in [0, 0.05) is 25.2 Å². The van der Waals surface area contributed by atoms with Gasteiger partial charge < -0.3 is 20.7 Å². The van der Waals surface area contributed by atoms with Crippen LogP contribution in [0.2, 0.25) is 0 Å². The third-order valence-corrected chi connectivity index (χ3v) is 4.24. The van der Waals surface area contributed by atoms with Crippen LogP contribution in [-0.2, 0) is 22.3 Å². The van der Waals surface area contributed by atoms with Crippen molar-refractivity contribution < 1.29 is 32.3 Å². The van der Waals surface area contributed by atoms with Crippen LogP contribution in [-0.4, -0.2) is 30.1 Å². The molecular weight excluding hydrogens is 439 g/mol. The topological polar surface area (TPSA) is 96.5 Å². The molecule has 0 spiro atoms. The number of hydrogen-bond donors (Lipinski definition) is 3. The largest absolute Gasteiger partial charge is 0.444 e. The Labute approximate surface area is 189 Å². The first-order valence-electron chi connectivity index (χ1n) is 10.2. The molecule has 10 heteroatoms. The number of hydrogen-bond acceptors (Lipinski definition) is 4. The van der Waals surface area contributed by atoms with Gasteiger partial charge in [0.05, 0.1) is 11.1 Å². The van der Waals surface area contributed by atoms with Crippen molar-refractivity contribution in [1.29, 1.82) is 0 Å². The second-order valence-corrected chi connectivity index (χ2v) is 8.11. The number of nitrogens with one attached hydrogen (secondary N) is 3. The monoisotopic (exact) mass is 465 g/mol. The van der Waals surface area contributed by atoms with Gasteiger partial charge in [-0.05, 0) is 44.5 Å². The molecule has 0 saturated heterocycles. The number of alkyl halides is 3. The second kappa shape index (κ2) is 10.8. The number of rotatable bonds is 7. The number of carbonyl (C=O) groups excluding carboxylic acids is 3. The number of alkyl carbamates (subject to hydrolysis) is 1. The number of carbonyl (C=O) groups is 3. The minimum absolute atomic E-state index is 0.00722. The summed E-state index contributed by atoms with van der Waals surface area (Å²) in [6, 6.07) is 10.9. The molecule has 0 aromatic heterocycles. The summed E-state index contributed by atoms with van der Waals surface area (Å²) in [6.07, 6.45) is -5.32. The van der Waals surface area contributed by atoms with Crippen molar-refractivity contribution in [2.24, 2.45) is 0 Å². The van der Waals surface area contributed by atoms with E-state index < -0.39 is 34.9 Å². The van der Waals surface area contributed by atoms with Crippen molar-refractivity contribution in [2.75, 3.05) is 11.9 Å². The maximum Gasteiger partial charge on any atom is 0.417 e. The van der Waals surface area contributed by atoms with Gasteiger partial charge in [0.2, 0.25) is 5.91 Å². The summed E-state index contributed by atoms with van der Waals surface area (Å²) in [6.45, 7) is 5.25. The molecule has 2 aromatic rings. The highest BCUT2D eigenvalue weighted by atomic mass is 19.4. The molecule has 7 nitrogen and oxygen atoms in total. The minimum Gasteiger partial charge on any atom is -0.444 e. The molecule has 0 aliphatic heterocycles. The zero-order valence-electron chi connectivity index (χ0n) is 18.5. The Hall–Kier alpha value is -3.56. The van der Waals surface area contributed by atoms with Crippen LogP contribution < -0.4 is 16.0 Å². The molecule has 0 unspecified atom stereocenters. The minimum atomic E-state index is -4.67. The van der Waals surface area contributed by atoms with Gasteiger partial charge in [0.15, 0.2) is 0 Å². The standard InChI is InChI=1S/C23H26F3N3O4/c1-22(2,3)33-21(32)27-13-12-19(30)28-14-15-8-4-7-11-18(15)29-20(31)16-9-5-6-10-17(16)23(24,25)26/h4-11H,12-14H2,1-3H3,(H,27,32)(H,28,30)(H,29,31). The average molecular weight is 465 g/mol. The number of benzene rings is 2. The Morgan fingerprint density at radius 1 is 0.909 bits per heavy atom. The summed E-state index contributed by atoms with van der Waals surface area (Å²) in [5.74, 6) is -1.28. The predicted octanol–water partition coefficient (Wildman–Crippen LogP) is 4.49. The van der Waals surface area contributed by atoms with Crippen LogP contribution in [0.5, 0.6) is 0 Å². The van der Waals surface area contributed by atoms with E-state index in [1.54, 1.807) is 39.0 Å². The first kappa shape index (κ1) is 25.7. The average Bonchev–Trinajstić information content (AvgIpc) is 2.71. The number of anilines is 1. The molecule has 0 atom stereocenters. The quantitative estimate of drug-likeness (QED) is 0.562. The predicted molar refractivity (Wildman–Crippen MR) is 117 cm³/mol. The summed E-state index contributed by atoms with van der Waals surface area (Å²) in [7, 11) is 0. The van der Waals surface area contributed by atoms with Gasteiger partial charge in [0.1, 0.15) is 5.60 Å². The maximum absolute atomic E-state index is 13.2. The Morgan fingerprint density at radius 3 is 2.21 bits per heavy atom. The van der Waals surface area contributed by atoms with Crippen molar-refractivity contribution in [1.82, 2.24) is 10.6 Å². The van der Waals surface area contributed by atoms with Crippen LogP contribution in [0.15, 0.2) is 48.5 Å². The van der Waals surface area contributed by atoms with Crippen LogP contribution >= 0.6 is 0 Å². The lowest BCUT2D eigenvalue weighted by Crippen LogP contribution is -2.35. The fraction of sp³-hybridized carbons (Fsp3) is 0.348. The van der Waals surface area contributed by atoms with Crippen LogP contribution in [0.1, 0.15) is 48.7 Å². The molecule has 178 valence electrons. The molecule has 0 aliphatic carbocycles. The van der Waals surface area contributed by atoms with Crippen LogP contribution in [0.25, 0.3) is 0 Å². The van der Waals surface area contributed by atoms with E-state index in [0.717, 1.165) is 12.1 Å². The summed E-state index contributed by atoms with van der Waals surface area (Å²) in [5, 5.41) is 7.60. The molecule has 0 heterocycles. The zero-order chi connectivity index (χ0) is 24.6. The van der Waals surface area contributed by atoms with Crippen molar-refractivity contribution in [3.05, 3.63) is 65.2 Å². The first-order valence-corrected chi connectivity index (χ1v) is 10.2. The van der Waals surface area contributed by atoms with E-state index >= 15 is 0 Å². The molecule has 0 fully saturated rings. The van der Waals surface area contributed by atoms with Crippen LogP contribution in [0, 0.1) is 0 Å². The highest BCUT2D eigenvalue weighted by molar-refractivity contribution is 6.05. The lowest BCUT2D eigenvalue weighted by molar-refractivity contribution is -0.137. The lowest BCUT2D eigenvalue weighted by atomic mass is 10.1. The summed E-state index contributed by atoms with van der Waals surface area (Å²) in [4.78, 5) is 36.2. The SMILES string of the molecule is CC(C)(C)OC(=O)NCCC(=O)NCc1ccccc1NC(=O)c1ccccc1C(F)(F)F. The Kier molecular flexibility index (Phi) is 8.44. The summed E-state index contributed by atoms with van der Waals surface area (Å²) in [5.41, 5.74) is -1.42. The van der Waals surface area contributed by atoms with Gasteiger partial charge in [-0.25, -0.2) is 4.79 Å². The van der Waals surface area contributed by atoms with Crippen molar-refractivity contribution in [2.45, 2.75) is 45.5 Å². The highest BCUT2D eigenvalue weighted by Gasteiger charge is 2.34.